The first-order valence-electron chi connectivity index (χ1n) is 10.1. The van der Waals surface area contributed by atoms with Crippen LogP contribution < -0.4 is 0 Å². The summed E-state index contributed by atoms with van der Waals surface area (Å²) in [6, 6.07) is 0. The van der Waals surface area contributed by atoms with Crippen molar-refractivity contribution in [3.05, 3.63) is 23.8 Å². The highest BCUT2D eigenvalue weighted by Gasteiger charge is 2.69. The van der Waals surface area contributed by atoms with Gasteiger partial charge in [0.15, 0.2) is 0 Å². The Hall–Kier alpha value is -0.980. The molecule has 0 spiro atoms. The number of hydrogen-bond donors (Lipinski definition) is 1. The highest BCUT2D eigenvalue weighted by molar-refractivity contribution is 5.26. The zero-order valence-corrected chi connectivity index (χ0v) is 16.0. The number of fused-ring (bicyclic) bond motifs is 1. The molecule has 28 heavy (non-hydrogen) atoms. The van der Waals surface area contributed by atoms with Gasteiger partial charge in [0.2, 0.25) is 0 Å². The molecule has 3 aliphatic carbocycles. The summed E-state index contributed by atoms with van der Waals surface area (Å²) >= 11 is 0. The number of hydrogen-bond acceptors (Lipinski definition) is 1. The fourth-order valence-corrected chi connectivity index (χ4v) is 5.19. The number of aliphatic hydroxyl groups is 1. The molecule has 7 heteroatoms. The third-order valence-electron chi connectivity index (χ3n) is 7.26. The van der Waals surface area contributed by atoms with Crippen LogP contribution in [0.15, 0.2) is 23.8 Å². The molecule has 3 aliphatic rings. The molecule has 0 heterocycles. The van der Waals surface area contributed by atoms with Crippen LogP contribution >= 0.6 is 0 Å². The molecule has 3 atom stereocenters. The maximum absolute atomic E-state index is 12.8. The summed E-state index contributed by atoms with van der Waals surface area (Å²) < 4.78 is 76.9. The summed E-state index contributed by atoms with van der Waals surface area (Å²) in [6.07, 6.45) is -0.356. The van der Waals surface area contributed by atoms with Crippen molar-refractivity contribution in [2.75, 3.05) is 0 Å². The van der Waals surface area contributed by atoms with E-state index in [9.17, 15) is 31.4 Å². The first-order valence-corrected chi connectivity index (χ1v) is 10.1. The van der Waals surface area contributed by atoms with E-state index in [-0.39, 0.29) is 17.9 Å². The van der Waals surface area contributed by atoms with Crippen molar-refractivity contribution in [1.82, 2.24) is 0 Å². The fourth-order valence-electron chi connectivity index (χ4n) is 5.19. The second kappa shape index (κ2) is 7.37. The zero-order valence-electron chi connectivity index (χ0n) is 16.0. The smallest absolute Gasteiger partial charge is 0.370 e. The van der Waals surface area contributed by atoms with E-state index in [0.717, 1.165) is 38.2 Å². The van der Waals surface area contributed by atoms with Crippen LogP contribution in [0.25, 0.3) is 0 Å². The summed E-state index contributed by atoms with van der Waals surface area (Å²) in [6.45, 7) is 2.28. The molecule has 0 aromatic heterocycles. The average Bonchev–Trinajstić information content (AvgIpc) is 3.36. The highest BCUT2D eigenvalue weighted by atomic mass is 19.4. The topological polar surface area (TPSA) is 20.2 Å². The Morgan fingerprint density at radius 1 is 1.07 bits per heavy atom. The van der Waals surface area contributed by atoms with Crippen LogP contribution in [-0.2, 0) is 0 Å². The van der Waals surface area contributed by atoms with Gasteiger partial charge in [0, 0.05) is 0 Å². The molecule has 0 radical (unpaired) electrons. The molecule has 0 aliphatic heterocycles. The van der Waals surface area contributed by atoms with Gasteiger partial charge in [-0.25, -0.2) is 0 Å². The van der Waals surface area contributed by atoms with Crippen LogP contribution in [0, 0.1) is 23.2 Å². The Kier molecular flexibility index (Phi) is 5.72. The largest absolute Gasteiger partial charge is 0.429 e. The van der Waals surface area contributed by atoms with Gasteiger partial charge in [-0.3, -0.25) is 0 Å². The van der Waals surface area contributed by atoms with Gasteiger partial charge in [0.25, 0.3) is 5.60 Å². The van der Waals surface area contributed by atoms with Crippen LogP contribution in [0.4, 0.5) is 26.3 Å². The summed E-state index contributed by atoms with van der Waals surface area (Å²) in [5.41, 5.74) is -3.91. The molecular formula is C21H28F6O. The Balaban J connectivity index is 1.71. The average molecular weight is 410 g/mol. The van der Waals surface area contributed by atoms with Crippen molar-refractivity contribution in [2.24, 2.45) is 23.2 Å². The lowest BCUT2D eigenvalue weighted by molar-refractivity contribution is -0.347. The van der Waals surface area contributed by atoms with E-state index in [2.05, 4.69) is 13.0 Å². The minimum absolute atomic E-state index is 0.105. The van der Waals surface area contributed by atoms with Crippen molar-refractivity contribution in [3.63, 3.8) is 0 Å². The van der Waals surface area contributed by atoms with Gasteiger partial charge in [-0.2, -0.15) is 26.3 Å². The lowest BCUT2D eigenvalue weighted by Gasteiger charge is -2.35. The van der Waals surface area contributed by atoms with Crippen LogP contribution in [0.1, 0.15) is 64.7 Å². The van der Waals surface area contributed by atoms with Gasteiger partial charge in [-0.1, -0.05) is 43.9 Å². The van der Waals surface area contributed by atoms with Crippen molar-refractivity contribution in [2.45, 2.75) is 82.7 Å². The van der Waals surface area contributed by atoms with E-state index in [1.165, 1.54) is 24.8 Å². The predicted molar refractivity (Wildman–Crippen MR) is 94.4 cm³/mol. The predicted octanol–water partition coefficient (Wildman–Crippen LogP) is 6.73. The Labute approximate surface area is 161 Å². The molecule has 0 aromatic rings. The van der Waals surface area contributed by atoms with E-state index in [1.54, 1.807) is 0 Å². The number of allylic oxidation sites excluding steroid dienone is 3. The Morgan fingerprint density at radius 3 is 2.29 bits per heavy atom. The van der Waals surface area contributed by atoms with E-state index in [4.69, 9.17) is 0 Å². The normalized spacial score (nSPS) is 31.3. The molecule has 0 saturated heterocycles. The monoisotopic (exact) mass is 410 g/mol. The maximum atomic E-state index is 12.8. The van der Waals surface area contributed by atoms with Crippen molar-refractivity contribution >= 4 is 0 Å². The molecule has 0 aromatic carbocycles. The SMILES string of the molecule is C[C@H]1CCC[C@H]2CCC(C3(C/C=C\C(O)(C(F)(F)F)C(F)(F)F)CC3)=CC[C@H]21. The maximum Gasteiger partial charge on any atom is 0.429 e. The third-order valence-corrected chi connectivity index (χ3v) is 7.26. The van der Waals surface area contributed by atoms with Gasteiger partial charge in [-0.15, -0.1) is 0 Å². The quantitative estimate of drug-likeness (QED) is 0.402. The first-order chi connectivity index (χ1) is 12.9. The highest BCUT2D eigenvalue weighted by Crippen LogP contribution is 2.58. The molecule has 160 valence electrons. The van der Waals surface area contributed by atoms with Crippen LogP contribution in [0.5, 0.6) is 0 Å². The van der Waals surface area contributed by atoms with Gasteiger partial charge in [0.1, 0.15) is 0 Å². The summed E-state index contributed by atoms with van der Waals surface area (Å²) in [5.74, 6) is 1.97. The summed E-state index contributed by atoms with van der Waals surface area (Å²) in [4.78, 5) is 0. The summed E-state index contributed by atoms with van der Waals surface area (Å²) in [5, 5.41) is 9.27. The molecule has 0 amide bonds. The van der Waals surface area contributed by atoms with E-state index >= 15 is 0 Å². The second-order valence-corrected chi connectivity index (χ2v) is 8.98. The van der Waals surface area contributed by atoms with Crippen LogP contribution in [0.2, 0.25) is 0 Å². The van der Waals surface area contributed by atoms with E-state index in [1.807, 2.05) is 0 Å². The lowest BCUT2D eigenvalue weighted by atomic mass is 9.70. The van der Waals surface area contributed by atoms with Crippen LogP contribution in [-0.4, -0.2) is 23.1 Å². The van der Waals surface area contributed by atoms with E-state index < -0.39 is 18.0 Å². The molecule has 2 fully saturated rings. The zero-order chi connectivity index (χ0) is 20.8. The lowest BCUT2D eigenvalue weighted by Crippen LogP contribution is -2.55. The fraction of sp³-hybridized carbons (Fsp3) is 0.810. The second-order valence-electron chi connectivity index (χ2n) is 8.98. The molecule has 1 nitrogen and oxygen atoms in total. The minimum atomic E-state index is -5.80. The molecular weight excluding hydrogens is 382 g/mol. The number of alkyl halides is 6. The molecule has 3 rings (SSSR count). The molecule has 1 N–H and O–H groups in total. The number of rotatable bonds is 4. The molecule has 0 bridgehead atoms. The van der Waals surface area contributed by atoms with Gasteiger partial charge >= 0.3 is 12.4 Å². The van der Waals surface area contributed by atoms with Gasteiger partial charge < -0.3 is 5.11 Å². The van der Waals surface area contributed by atoms with Crippen LogP contribution in [0.3, 0.4) is 0 Å². The number of halogens is 6. The van der Waals surface area contributed by atoms with Crippen molar-refractivity contribution in [1.29, 1.82) is 0 Å². The Morgan fingerprint density at radius 2 is 1.71 bits per heavy atom. The minimum Gasteiger partial charge on any atom is -0.370 e. The molecule has 2 saturated carbocycles. The van der Waals surface area contributed by atoms with Crippen molar-refractivity contribution in [3.8, 4) is 0 Å². The van der Waals surface area contributed by atoms with Crippen molar-refractivity contribution < 1.29 is 31.4 Å². The first kappa shape index (κ1) is 21.7. The van der Waals surface area contributed by atoms with E-state index in [0.29, 0.717) is 17.8 Å². The van der Waals surface area contributed by atoms with Gasteiger partial charge in [-0.05, 0) is 67.8 Å². The van der Waals surface area contributed by atoms with Gasteiger partial charge in [0.05, 0.1) is 0 Å². The molecule has 0 unspecified atom stereocenters. The summed E-state index contributed by atoms with van der Waals surface area (Å²) in [7, 11) is 0. The standard InChI is InChI=1S/C21H28F6O/c1-14-4-2-5-15-6-7-16(8-9-17(14)15)18(12-13-18)10-3-11-19(28,20(22,23)24)21(25,26)27/h3,8,11,14-15,17,28H,2,4-7,9-10,12-13H2,1H3/b11-3-/t14-,15-,17-/m0/s1. The third kappa shape index (κ3) is 4.01. The Bertz CT molecular complexity index is 612.